The van der Waals surface area contributed by atoms with Crippen LogP contribution in [-0.2, 0) is 6.16 Å². The monoisotopic (exact) mass is 306 g/mol. The second-order valence-corrected chi connectivity index (χ2v) is 7.59. The lowest BCUT2D eigenvalue weighted by atomic mass is 10.1. The molecular formula is C20H19OP. The molecule has 0 amide bonds. The largest absolute Gasteiger partial charge is 0.508 e. The molecule has 0 unspecified atom stereocenters. The zero-order valence-electron chi connectivity index (χ0n) is 12.6. The van der Waals surface area contributed by atoms with Crippen molar-refractivity contribution >= 4 is 18.5 Å². The fourth-order valence-electron chi connectivity index (χ4n) is 2.56. The maximum Gasteiger partial charge on any atom is 0.119 e. The Morgan fingerprint density at radius 1 is 0.773 bits per heavy atom. The molecule has 1 nitrogen and oxygen atoms in total. The quantitative estimate of drug-likeness (QED) is 0.711. The van der Waals surface area contributed by atoms with Crippen LogP contribution in [0, 0.1) is 6.92 Å². The number of hydrogen-bond donors (Lipinski definition) is 1. The number of aromatic hydroxyl groups is 1. The molecule has 22 heavy (non-hydrogen) atoms. The van der Waals surface area contributed by atoms with E-state index >= 15 is 0 Å². The Hall–Kier alpha value is -2.11. The molecular weight excluding hydrogens is 287 g/mol. The van der Waals surface area contributed by atoms with Crippen LogP contribution < -0.4 is 10.6 Å². The average Bonchev–Trinajstić information content (AvgIpc) is 2.57. The van der Waals surface area contributed by atoms with E-state index in [4.69, 9.17) is 0 Å². The molecule has 110 valence electrons. The van der Waals surface area contributed by atoms with Gasteiger partial charge in [-0.15, -0.1) is 0 Å². The van der Waals surface area contributed by atoms with Gasteiger partial charge >= 0.3 is 0 Å². The third kappa shape index (κ3) is 3.37. The highest BCUT2D eigenvalue weighted by molar-refractivity contribution is 7.72. The summed E-state index contributed by atoms with van der Waals surface area (Å²) in [6, 6.07) is 27.0. The molecule has 0 spiro atoms. The first-order valence-corrected chi connectivity index (χ1v) is 8.93. The Kier molecular flexibility index (Phi) is 4.56. The van der Waals surface area contributed by atoms with Crippen LogP contribution in [0.2, 0.25) is 0 Å². The Morgan fingerprint density at radius 3 is 1.86 bits per heavy atom. The van der Waals surface area contributed by atoms with Crippen molar-refractivity contribution in [1.29, 1.82) is 0 Å². The van der Waals surface area contributed by atoms with Crippen molar-refractivity contribution in [3.05, 3.63) is 90.0 Å². The number of phenolic OH excluding ortho intramolecular Hbond substituents is 1. The predicted octanol–water partition coefficient (Wildman–Crippen LogP) is 4.33. The van der Waals surface area contributed by atoms with E-state index in [1.165, 1.54) is 16.2 Å². The summed E-state index contributed by atoms with van der Waals surface area (Å²) >= 11 is 0. The second kappa shape index (κ2) is 6.77. The van der Waals surface area contributed by atoms with Gasteiger partial charge in [0, 0.05) is 6.16 Å². The van der Waals surface area contributed by atoms with Crippen molar-refractivity contribution in [3.63, 3.8) is 0 Å². The van der Waals surface area contributed by atoms with E-state index in [2.05, 4.69) is 61.5 Å². The molecule has 3 aromatic carbocycles. The molecule has 0 aliphatic carbocycles. The van der Waals surface area contributed by atoms with E-state index in [1.54, 1.807) is 6.07 Å². The molecule has 0 bridgehead atoms. The minimum atomic E-state index is -0.516. The molecule has 0 saturated heterocycles. The summed E-state index contributed by atoms with van der Waals surface area (Å²) in [6.07, 6.45) is 0.858. The van der Waals surface area contributed by atoms with Crippen molar-refractivity contribution in [2.45, 2.75) is 13.1 Å². The van der Waals surface area contributed by atoms with E-state index in [9.17, 15) is 5.11 Å². The smallest absolute Gasteiger partial charge is 0.119 e. The number of benzene rings is 3. The number of aryl methyl sites for hydroxylation is 1. The lowest BCUT2D eigenvalue weighted by molar-refractivity contribution is 0.470. The summed E-state index contributed by atoms with van der Waals surface area (Å²) in [5, 5.41) is 12.9. The normalized spacial score (nSPS) is 10.8. The van der Waals surface area contributed by atoms with Gasteiger partial charge in [-0.1, -0.05) is 78.4 Å². The van der Waals surface area contributed by atoms with Gasteiger partial charge in [0.15, 0.2) is 0 Å². The minimum absolute atomic E-state index is 0.393. The highest BCUT2D eigenvalue weighted by Crippen LogP contribution is 2.40. The molecule has 2 heteroatoms. The van der Waals surface area contributed by atoms with Gasteiger partial charge in [0.25, 0.3) is 0 Å². The minimum Gasteiger partial charge on any atom is -0.508 e. The summed E-state index contributed by atoms with van der Waals surface area (Å²) in [5.41, 5.74) is 2.21. The van der Waals surface area contributed by atoms with Crippen LogP contribution in [0.3, 0.4) is 0 Å². The van der Waals surface area contributed by atoms with E-state index in [1.807, 2.05) is 18.2 Å². The molecule has 0 aliphatic heterocycles. The molecule has 1 N–H and O–H groups in total. The fourth-order valence-corrected chi connectivity index (χ4v) is 4.88. The molecule has 0 saturated carbocycles. The van der Waals surface area contributed by atoms with E-state index in [-0.39, 0.29) is 0 Å². The molecule has 0 atom stereocenters. The van der Waals surface area contributed by atoms with Crippen LogP contribution in [0.4, 0.5) is 0 Å². The molecule has 3 rings (SSSR count). The van der Waals surface area contributed by atoms with Gasteiger partial charge in [0.2, 0.25) is 0 Å². The zero-order chi connectivity index (χ0) is 15.4. The van der Waals surface area contributed by atoms with E-state index in [0.29, 0.717) is 5.75 Å². The van der Waals surface area contributed by atoms with Crippen LogP contribution in [0.15, 0.2) is 78.9 Å². The Balaban J connectivity index is 2.01. The molecule has 0 radical (unpaired) electrons. The van der Waals surface area contributed by atoms with Crippen molar-refractivity contribution in [1.82, 2.24) is 0 Å². The first-order chi connectivity index (χ1) is 10.7. The van der Waals surface area contributed by atoms with Crippen molar-refractivity contribution < 1.29 is 5.11 Å². The first-order valence-electron chi connectivity index (χ1n) is 7.40. The topological polar surface area (TPSA) is 20.2 Å². The van der Waals surface area contributed by atoms with Crippen LogP contribution in [0.1, 0.15) is 11.1 Å². The van der Waals surface area contributed by atoms with Gasteiger partial charge < -0.3 is 5.11 Å². The molecule has 0 heterocycles. The van der Waals surface area contributed by atoms with Crippen molar-refractivity contribution in [2.75, 3.05) is 0 Å². The Bertz CT molecular complexity index is 699. The summed E-state index contributed by atoms with van der Waals surface area (Å²) in [4.78, 5) is 0. The van der Waals surface area contributed by atoms with Crippen LogP contribution >= 0.6 is 7.92 Å². The average molecular weight is 306 g/mol. The summed E-state index contributed by atoms with van der Waals surface area (Å²) < 4.78 is 0. The standard InChI is InChI=1S/C20H19OP/c1-16-12-13-20(21)17(14-16)15-22(18-8-4-2-5-9-18)19-10-6-3-7-11-19/h2-14,21H,15H2,1H3. The Labute approximate surface area is 133 Å². The Morgan fingerprint density at radius 2 is 1.32 bits per heavy atom. The van der Waals surface area contributed by atoms with E-state index in [0.717, 1.165) is 11.7 Å². The zero-order valence-corrected chi connectivity index (χ0v) is 13.5. The number of hydrogen-bond acceptors (Lipinski definition) is 1. The van der Waals surface area contributed by atoms with Crippen LogP contribution in [0.25, 0.3) is 0 Å². The first kappa shape index (κ1) is 14.8. The lowest BCUT2D eigenvalue weighted by Crippen LogP contribution is -2.13. The van der Waals surface area contributed by atoms with Crippen molar-refractivity contribution in [2.24, 2.45) is 0 Å². The highest BCUT2D eigenvalue weighted by Gasteiger charge is 2.16. The second-order valence-electron chi connectivity index (χ2n) is 5.39. The van der Waals surface area contributed by atoms with Gasteiger partial charge in [0.1, 0.15) is 5.75 Å². The maximum atomic E-state index is 10.2. The van der Waals surface area contributed by atoms with Crippen LogP contribution in [0.5, 0.6) is 5.75 Å². The van der Waals surface area contributed by atoms with Gasteiger partial charge in [-0.25, -0.2) is 0 Å². The summed E-state index contributed by atoms with van der Waals surface area (Å²) in [6.45, 7) is 2.07. The lowest BCUT2D eigenvalue weighted by Gasteiger charge is -2.19. The molecule has 0 fully saturated rings. The maximum absolute atomic E-state index is 10.2. The summed E-state index contributed by atoms with van der Waals surface area (Å²) in [7, 11) is -0.516. The third-order valence-electron chi connectivity index (χ3n) is 3.70. The molecule has 3 aromatic rings. The predicted molar refractivity (Wildman–Crippen MR) is 95.6 cm³/mol. The van der Waals surface area contributed by atoms with Crippen molar-refractivity contribution in [3.8, 4) is 5.75 Å². The van der Waals surface area contributed by atoms with E-state index < -0.39 is 7.92 Å². The van der Waals surface area contributed by atoms with Gasteiger partial charge in [-0.3, -0.25) is 0 Å². The van der Waals surface area contributed by atoms with Crippen LogP contribution in [-0.4, -0.2) is 5.11 Å². The fraction of sp³-hybridized carbons (Fsp3) is 0.100. The summed E-state index contributed by atoms with van der Waals surface area (Å²) in [5.74, 6) is 0.393. The van der Waals surface area contributed by atoms with Gasteiger partial charge in [-0.2, -0.15) is 0 Å². The van der Waals surface area contributed by atoms with Gasteiger partial charge in [-0.05, 0) is 37.1 Å². The number of rotatable bonds is 4. The highest BCUT2D eigenvalue weighted by atomic mass is 31.1. The van der Waals surface area contributed by atoms with Gasteiger partial charge in [0.05, 0.1) is 0 Å². The molecule has 0 aromatic heterocycles. The number of phenols is 1. The molecule has 0 aliphatic rings. The SMILES string of the molecule is Cc1ccc(O)c(CP(c2ccccc2)c2ccccc2)c1. The third-order valence-corrected chi connectivity index (χ3v) is 6.20.